The van der Waals surface area contributed by atoms with Gasteiger partial charge in [0.15, 0.2) is 5.69 Å². The maximum Gasteiger partial charge on any atom is 0.273 e. The molecule has 2 N–H and O–H groups in total. The van der Waals surface area contributed by atoms with Gasteiger partial charge in [0, 0.05) is 11.9 Å². The molecular weight excluding hydrogens is 435 g/mol. The van der Waals surface area contributed by atoms with Crippen LogP contribution in [0, 0.1) is 11.2 Å². The highest BCUT2D eigenvalue weighted by Crippen LogP contribution is 2.27. The number of fused-ring (bicyclic) bond motifs is 1. The minimum Gasteiger partial charge on any atom is -0.394 e. The molecule has 180 valence electrons. The van der Waals surface area contributed by atoms with Crippen LogP contribution in [0.25, 0.3) is 10.9 Å². The molecule has 2 aromatic carbocycles. The van der Waals surface area contributed by atoms with Crippen molar-refractivity contribution in [2.24, 2.45) is 5.41 Å². The van der Waals surface area contributed by atoms with E-state index < -0.39 is 17.4 Å². The first-order chi connectivity index (χ1) is 16.2. The monoisotopic (exact) mass is 466 g/mol. The van der Waals surface area contributed by atoms with Crippen LogP contribution in [0.2, 0.25) is 0 Å². The number of benzene rings is 2. The van der Waals surface area contributed by atoms with Crippen LogP contribution in [0.1, 0.15) is 49.7 Å². The van der Waals surface area contributed by atoms with Gasteiger partial charge in [-0.05, 0) is 42.0 Å². The number of para-hydroxylation sites is 1. The number of carbonyl (C=O) groups is 2. The van der Waals surface area contributed by atoms with Crippen LogP contribution in [0.3, 0.4) is 0 Å². The Bertz CT molecular complexity index is 1180. The molecule has 0 aliphatic carbocycles. The van der Waals surface area contributed by atoms with Crippen molar-refractivity contribution in [3.05, 3.63) is 65.6 Å². The van der Waals surface area contributed by atoms with E-state index >= 15 is 0 Å². The summed E-state index contributed by atoms with van der Waals surface area (Å²) in [5, 5.41) is 17.9. The van der Waals surface area contributed by atoms with E-state index in [1.807, 2.05) is 45.0 Å². The lowest BCUT2D eigenvalue weighted by Crippen LogP contribution is -2.56. The fourth-order valence-electron chi connectivity index (χ4n) is 4.51. The molecule has 1 aromatic heterocycles. The van der Waals surface area contributed by atoms with Crippen molar-refractivity contribution in [2.75, 3.05) is 13.2 Å². The molecule has 8 heteroatoms. The molecule has 0 unspecified atom stereocenters. The molecule has 2 heterocycles. The largest absolute Gasteiger partial charge is 0.394 e. The maximum atomic E-state index is 13.4. The quantitative estimate of drug-likeness (QED) is 0.583. The fourth-order valence-corrected chi connectivity index (χ4v) is 4.51. The second-order valence-electron chi connectivity index (χ2n) is 9.93. The van der Waals surface area contributed by atoms with Crippen LogP contribution in [0.4, 0.5) is 4.39 Å². The molecule has 1 saturated heterocycles. The smallest absolute Gasteiger partial charge is 0.273 e. The van der Waals surface area contributed by atoms with E-state index in [1.165, 1.54) is 12.1 Å². The van der Waals surface area contributed by atoms with E-state index in [-0.39, 0.29) is 30.1 Å². The van der Waals surface area contributed by atoms with Crippen molar-refractivity contribution < 1.29 is 19.1 Å². The van der Waals surface area contributed by atoms with Crippen LogP contribution in [-0.2, 0) is 11.3 Å². The minimum absolute atomic E-state index is 0.0883. The van der Waals surface area contributed by atoms with Gasteiger partial charge < -0.3 is 15.3 Å². The molecule has 34 heavy (non-hydrogen) atoms. The highest BCUT2D eigenvalue weighted by atomic mass is 19.1. The van der Waals surface area contributed by atoms with Crippen molar-refractivity contribution in [2.45, 2.75) is 52.2 Å². The minimum atomic E-state index is -0.770. The fraction of sp³-hybridized carbons (Fsp3) is 0.423. The predicted octanol–water partition coefficient (Wildman–Crippen LogP) is 3.35. The second-order valence-corrected chi connectivity index (χ2v) is 9.93. The summed E-state index contributed by atoms with van der Waals surface area (Å²) in [6.45, 7) is 6.58. The molecule has 0 spiro atoms. The molecule has 1 aliphatic heterocycles. The third-order valence-corrected chi connectivity index (χ3v) is 6.38. The summed E-state index contributed by atoms with van der Waals surface area (Å²) in [7, 11) is 0. The van der Waals surface area contributed by atoms with Crippen molar-refractivity contribution in [3.63, 3.8) is 0 Å². The predicted molar refractivity (Wildman–Crippen MR) is 128 cm³/mol. The van der Waals surface area contributed by atoms with Crippen LogP contribution >= 0.6 is 0 Å². The van der Waals surface area contributed by atoms with Crippen LogP contribution < -0.4 is 5.32 Å². The molecule has 2 atom stereocenters. The van der Waals surface area contributed by atoms with Crippen LogP contribution in [0.15, 0.2) is 48.5 Å². The Morgan fingerprint density at radius 3 is 2.56 bits per heavy atom. The lowest BCUT2D eigenvalue weighted by atomic mass is 9.85. The normalized spacial score (nSPS) is 17.2. The van der Waals surface area contributed by atoms with Gasteiger partial charge in [-0.2, -0.15) is 5.10 Å². The Morgan fingerprint density at radius 1 is 1.18 bits per heavy atom. The average molecular weight is 467 g/mol. The summed E-state index contributed by atoms with van der Waals surface area (Å²) in [4.78, 5) is 28.5. The lowest BCUT2D eigenvalue weighted by molar-refractivity contribution is -0.137. The molecule has 7 nitrogen and oxygen atoms in total. The number of aromatic nitrogens is 2. The first-order valence-electron chi connectivity index (χ1n) is 11.6. The maximum absolute atomic E-state index is 13.4. The van der Waals surface area contributed by atoms with Crippen LogP contribution in [0.5, 0.6) is 0 Å². The zero-order chi connectivity index (χ0) is 24.5. The summed E-state index contributed by atoms with van der Waals surface area (Å²) >= 11 is 0. The average Bonchev–Trinajstić information content (AvgIpc) is 3.43. The SMILES string of the molecule is CC(C)(C)[C@H](NC(=O)c1nn(Cc2ccc(F)cc2)c2ccccc12)C(=O)N1CCC[C@@H]1CO. The number of aliphatic hydroxyl groups is 1. The first-order valence-corrected chi connectivity index (χ1v) is 11.6. The summed E-state index contributed by atoms with van der Waals surface area (Å²) in [5.41, 5.74) is 1.32. The number of hydrogen-bond acceptors (Lipinski definition) is 4. The van der Waals surface area contributed by atoms with Crippen molar-refractivity contribution in [1.29, 1.82) is 0 Å². The number of likely N-dealkylation sites (tertiary alicyclic amines) is 1. The molecule has 4 rings (SSSR count). The molecule has 0 radical (unpaired) electrons. The number of amides is 2. The third-order valence-electron chi connectivity index (χ3n) is 6.38. The Kier molecular flexibility index (Phi) is 6.70. The Labute approximate surface area is 198 Å². The number of carbonyl (C=O) groups excluding carboxylic acids is 2. The van der Waals surface area contributed by atoms with Gasteiger partial charge in [-0.25, -0.2) is 4.39 Å². The van der Waals surface area contributed by atoms with E-state index in [4.69, 9.17) is 0 Å². The van der Waals surface area contributed by atoms with Gasteiger partial charge in [0.25, 0.3) is 5.91 Å². The third kappa shape index (κ3) is 4.82. The highest BCUT2D eigenvalue weighted by molar-refractivity contribution is 6.06. The molecule has 0 saturated carbocycles. The topological polar surface area (TPSA) is 87.5 Å². The van der Waals surface area contributed by atoms with E-state index in [9.17, 15) is 19.1 Å². The van der Waals surface area contributed by atoms with Gasteiger partial charge in [0.1, 0.15) is 11.9 Å². The van der Waals surface area contributed by atoms with E-state index in [2.05, 4.69) is 10.4 Å². The Morgan fingerprint density at radius 2 is 1.88 bits per heavy atom. The van der Waals surface area contributed by atoms with Crippen molar-refractivity contribution >= 4 is 22.7 Å². The van der Waals surface area contributed by atoms with E-state index in [0.29, 0.717) is 18.5 Å². The van der Waals surface area contributed by atoms with E-state index in [1.54, 1.807) is 21.7 Å². The van der Waals surface area contributed by atoms with E-state index in [0.717, 1.165) is 23.9 Å². The zero-order valence-corrected chi connectivity index (χ0v) is 19.8. The molecule has 1 aliphatic rings. The van der Waals surface area contributed by atoms with Gasteiger partial charge in [-0.3, -0.25) is 14.3 Å². The summed E-state index contributed by atoms with van der Waals surface area (Å²) < 4.78 is 15.0. The Balaban J connectivity index is 1.63. The number of nitrogens with one attached hydrogen (secondary N) is 1. The molecule has 1 fully saturated rings. The number of hydrogen-bond donors (Lipinski definition) is 2. The number of rotatable bonds is 6. The molecule has 0 bridgehead atoms. The standard InChI is InChI=1S/C26H31FN4O3/c1-26(2,3)23(25(34)30-14-6-7-19(30)16-32)28-24(33)22-20-8-4-5-9-21(20)31(29-22)15-17-10-12-18(27)13-11-17/h4-5,8-13,19,23,32H,6-7,14-16H2,1-3H3,(H,28,33)/t19-,23-/m1/s1. The number of halogens is 1. The Hall–Kier alpha value is -3.26. The molecule has 2 amide bonds. The summed E-state index contributed by atoms with van der Waals surface area (Å²) in [6.07, 6.45) is 1.59. The van der Waals surface area contributed by atoms with Gasteiger partial charge in [0.2, 0.25) is 5.91 Å². The van der Waals surface area contributed by atoms with Gasteiger partial charge in [-0.15, -0.1) is 0 Å². The van der Waals surface area contributed by atoms with Crippen molar-refractivity contribution in [3.8, 4) is 0 Å². The number of nitrogens with zero attached hydrogens (tertiary/aromatic N) is 3. The molecule has 3 aromatic rings. The molecular formula is C26H31FN4O3. The summed E-state index contributed by atoms with van der Waals surface area (Å²) in [6, 6.07) is 12.6. The van der Waals surface area contributed by atoms with Crippen molar-refractivity contribution in [1.82, 2.24) is 20.0 Å². The summed E-state index contributed by atoms with van der Waals surface area (Å²) in [5.74, 6) is -0.928. The van der Waals surface area contributed by atoms with Gasteiger partial charge in [-0.1, -0.05) is 51.1 Å². The number of aliphatic hydroxyl groups excluding tert-OH is 1. The first kappa shape index (κ1) is 23.9. The lowest BCUT2D eigenvalue weighted by Gasteiger charge is -2.35. The van der Waals surface area contributed by atoms with Crippen LogP contribution in [-0.4, -0.2) is 56.8 Å². The highest BCUT2D eigenvalue weighted by Gasteiger charge is 2.40. The van der Waals surface area contributed by atoms with Gasteiger partial charge in [0.05, 0.1) is 24.7 Å². The van der Waals surface area contributed by atoms with Gasteiger partial charge >= 0.3 is 0 Å². The second kappa shape index (κ2) is 9.54. The zero-order valence-electron chi connectivity index (χ0n) is 19.8.